The molecule has 0 spiro atoms. The highest BCUT2D eigenvalue weighted by molar-refractivity contribution is 5.91. The number of carbonyl (C=O) groups is 1. The molecule has 2 aromatic heterocycles. The highest BCUT2D eigenvalue weighted by Crippen LogP contribution is 2.11. The predicted octanol–water partition coefficient (Wildman–Crippen LogP) is 1.38. The number of aliphatic hydroxyl groups is 1. The molecule has 7 nitrogen and oxygen atoms in total. The van der Waals surface area contributed by atoms with Crippen LogP contribution in [0.3, 0.4) is 0 Å². The van der Waals surface area contributed by atoms with Gasteiger partial charge in [-0.3, -0.25) is 9.48 Å². The summed E-state index contributed by atoms with van der Waals surface area (Å²) >= 11 is 0. The number of rotatable bonds is 7. The molecule has 0 aliphatic carbocycles. The zero-order valence-corrected chi connectivity index (χ0v) is 12.2. The average Bonchev–Trinajstić information content (AvgIpc) is 3.12. The molecule has 0 radical (unpaired) electrons. The number of nitrogens with one attached hydrogen (secondary N) is 1. The van der Waals surface area contributed by atoms with E-state index < -0.39 is 6.10 Å². The van der Waals surface area contributed by atoms with Crippen LogP contribution in [0.1, 0.15) is 42.6 Å². The standard InChI is InChI=1S/C14H20N4O3/c1-10(2)5-6-18-9-11(16-17-18)14(20)15-8-12(19)13-4-3-7-21-13/h3-4,7,9-10,12,19H,5-6,8H2,1-2H3,(H,15,20). The van der Waals surface area contributed by atoms with Crippen molar-refractivity contribution in [2.75, 3.05) is 6.54 Å². The first-order valence-corrected chi connectivity index (χ1v) is 6.96. The first-order chi connectivity index (χ1) is 10.1. The number of carbonyl (C=O) groups excluding carboxylic acids is 1. The van der Waals surface area contributed by atoms with Crippen molar-refractivity contribution in [1.82, 2.24) is 20.3 Å². The Bertz CT molecular complexity index is 563. The normalized spacial score (nSPS) is 12.6. The topological polar surface area (TPSA) is 93.2 Å². The van der Waals surface area contributed by atoms with Crippen molar-refractivity contribution in [3.8, 4) is 0 Å². The van der Waals surface area contributed by atoms with Crippen molar-refractivity contribution in [1.29, 1.82) is 0 Å². The van der Waals surface area contributed by atoms with Gasteiger partial charge < -0.3 is 14.8 Å². The van der Waals surface area contributed by atoms with Gasteiger partial charge in [0.05, 0.1) is 19.0 Å². The third-order valence-corrected chi connectivity index (χ3v) is 3.03. The fourth-order valence-corrected chi connectivity index (χ4v) is 1.76. The van der Waals surface area contributed by atoms with Crippen LogP contribution in [0.4, 0.5) is 0 Å². The number of nitrogens with zero attached hydrogens (tertiary/aromatic N) is 3. The van der Waals surface area contributed by atoms with Crippen LogP contribution < -0.4 is 5.32 Å². The second-order valence-corrected chi connectivity index (χ2v) is 5.29. The molecule has 7 heteroatoms. The average molecular weight is 292 g/mol. The fourth-order valence-electron chi connectivity index (χ4n) is 1.76. The monoisotopic (exact) mass is 292 g/mol. The van der Waals surface area contributed by atoms with E-state index in [4.69, 9.17) is 4.42 Å². The van der Waals surface area contributed by atoms with E-state index in [9.17, 15) is 9.90 Å². The van der Waals surface area contributed by atoms with Gasteiger partial charge in [-0.15, -0.1) is 5.10 Å². The quantitative estimate of drug-likeness (QED) is 0.804. The molecule has 0 aliphatic rings. The molecule has 0 aliphatic heterocycles. The minimum Gasteiger partial charge on any atom is -0.467 e. The van der Waals surface area contributed by atoms with Crippen LogP contribution in [0.15, 0.2) is 29.0 Å². The smallest absolute Gasteiger partial charge is 0.273 e. The lowest BCUT2D eigenvalue weighted by molar-refractivity contribution is 0.0896. The number of aryl methyl sites for hydroxylation is 1. The Kier molecular flexibility index (Phi) is 5.10. The van der Waals surface area contributed by atoms with Crippen molar-refractivity contribution in [3.63, 3.8) is 0 Å². The molecule has 1 unspecified atom stereocenters. The molecule has 1 amide bonds. The van der Waals surface area contributed by atoms with E-state index >= 15 is 0 Å². The Morgan fingerprint density at radius 2 is 2.33 bits per heavy atom. The first-order valence-electron chi connectivity index (χ1n) is 6.96. The molecule has 2 N–H and O–H groups in total. The van der Waals surface area contributed by atoms with Gasteiger partial charge in [-0.05, 0) is 24.5 Å². The number of hydrogen-bond donors (Lipinski definition) is 2. The SMILES string of the molecule is CC(C)CCn1cc(C(=O)NCC(O)c2ccco2)nn1. The molecule has 0 saturated carbocycles. The summed E-state index contributed by atoms with van der Waals surface area (Å²) in [6.07, 6.45) is 3.18. The summed E-state index contributed by atoms with van der Waals surface area (Å²) in [7, 11) is 0. The van der Waals surface area contributed by atoms with Crippen molar-refractivity contribution in [2.45, 2.75) is 32.9 Å². The van der Waals surface area contributed by atoms with Gasteiger partial charge in [0, 0.05) is 6.54 Å². The molecule has 2 rings (SSSR count). The number of hydrogen-bond acceptors (Lipinski definition) is 5. The maximum Gasteiger partial charge on any atom is 0.273 e. The van der Waals surface area contributed by atoms with E-state index in [1.54, 1.807) is 23.0 Å². The van der Waals surface area contributed by atoms with E-state index in [0.29, 0.717) is 11.7 Å². The Balaban J connectivity index is 1.83. The van der Waals surface area contributed by atoms with Gasteiger partial charge in [0.15, 0.2) is 5.69 Å². The summed E-state index contributed by atoms with van der Waals surface area (Å²) in [6, 6.07) is 3.33. The van der Waals surface area contributed by atoms with E-state index in [-0.39, 0.29) is 18.1 Å². The molecular formula is C14H20N4O3. The summed E-state index contributed by atoms with van der Waals surface area (Å²) in [5.74, 6) is 0.613. The summed E-state index contributed by atoms with van der Waals surface area (Å²) in [5, 5.41) is 20.1. The fraction of sp³-hybridized carbons (Fsp3) is 0.500. The highest BCUT2D eigenvalue weighted by atomic mass is 16.4. The highest BCUT2D eigenvalue weighted by Gasteiger charge is 2.15. The van der Waals surface area contributed by atoms with E-state index in [0.717, 1.165) is 13.0 Å². The number of amides is 1. The lowest BCUT2D eigenvalue weighted by Crippen LogP contribution is -2.28. The van der Waals surface area contributed by atoms with Gasteiger partial charge in [0.2, 0.25) is 0 Å². The maximum absolute atomic E-state index is 11.9. The Labute approximate surface area is 123 Å². The van der Waals surface area contributed by atoms with Gasteiger partial charge >= 0.3 is 0 Å². The van der Waals surface area contributed by atoms with Crippen LogP contribution in [-0.4, -0.2) is 32.6 Å². The van der Waals surface area contributed by atoms with Crippen molar-refractivity contribution in [2.24, 2.45) is 5.92 Å². The third-order valence-electron chi connectivity index (χ3n) is 3.03. The molecule has 0 fully saturated rings. The molecule has 0 saturated heterocycles. The van der Waals surface area contributed by atoms with Crippen LogP contribution in [0.25, 0.3) is 0 Å². The summed E-state index contributed by atoms with van der Waals surface area (Å²) in [4.78, 5) is 11.9. The molecule has 2 aromatic rings. The van der Waals surface area contributed by atoms with Gasteiger partial charge in [0.25, 0.3) is 5.91 Å². The minimum absolute atomic E-state index is 0.0607. The maximum atomic E-state index is 11.9. The summed E-state index contributed by atoms with van der Waals surface area (Å²) in [6.45, 7) is 5.04. The molecular weight excluding hydrogens is 272 g/mol. The van der Waals surface area contributed by atoms with Crippen molar-refractivity contribution < 1.29 is 14.3 Å². The number of furan rings is 1. The largest absolute Gasteiger partial charge is 0.467 e. The first kappa shape index (κ1) is 15.2. The molecule has 114 valence electrons. The number of aliphatic hydroxyl groups excluding tert-OH is 1. The second-order valence-electron chi connectivity index (χ2n) is 5.29. The van der Waals surface area contributed by atoms with Gasteiger partial charge in [-0.25, -0.2) is 0 Å². The van der Waals surface area contributed by atoms with E-state index in [1.165, 1.54) is 6.26 Å². The van der Waals surface area contributed by atoms with Gasteiger partial charge in [-0.1, -0.05) is 19.1 Å². The van der Waals surface area contributed by atoms with Gasteiger partial charge in [-0.2, -0.15) is 0 Å². The van der Waals surface area contributed by atoms with Crippen LogP contribution in [-0.2, 0) is 6.54 Å². The van der Waals surface area contributed by atoms with Crippen molar-refractivity contribution in [3.05, 3.63) is 36.0 Å². The Hall–Kier alpha value is -2.15. The molecule has 0 aromatic carbocycles. The third kappa shape index (κ3) is 4.42. The molecule has 1 atom stereocenters. The molecule has 2 heterocycles. The van der Waals surface area contributed by atoms with E-state index in [1.807, 2.05) is 0 Å². The van der Waals surface area contributed by atoms with E-state index in [2.05, 4.69) is 29.5 Å². The van der Waals surface area contributed by atoms with Crippen LogP contribution in [0.5, 0.6) is 0 Å². The number of aromatic nitrogens is 3. The lowest BCUT2D eigenvalue weighted by atomic mass is 10.1. The summed E-state index contributed by atoms with van der Waals surface area (Å²) < 4.78 is 6.71. The van der Waals surface area contributed by atoms with Gasteiger partial charge in [0.1, 0.15) is 11.9 Å². The second kappa shape index (κ2) is 7.03. The van der Waals surface area contributed by atoms with Crippen LogP contribution in [0.2, 0.25) is 0 Å². The zero-order valence-electron chi connectivity index (χ0n) is 12.2. The predicted molar refractivity (Wildman–Crippen MR) is 75.5 cm³/mol. The zero-order chi connectivity index (χ0) is 15.2. The molecule has 0 bridgehead atoms. The van der Waals surface area contributed by atoms with Crippen LogP contribution in [0, 0.1) is 5.92 Å². The van der Waals surface area contributed by atoms with Crippen molar-refractivity contribution >= 4 is 5.91 Å². The minimum atomic E-state index is -0.875. The molecule has 21 heavy (non-hydrogen) atoms. The van der Waals surface area contributed by atoms with Crippen LogP contribution >= 0.6 is 0 Å². The Morgan fingerprint density at radius 3 is 3.00 bits per heavy atom. The lowest BCUT2D eigenvalue weighted by Gasteiger charge is -2.08. The Morgan fingerprint density at radius 1 is 1.52 bits per heavy atom. The summed E-state index contributed by atoms with van der Waals surface area (Å²) in [5.41, 5.74) is 0.241.